The fourth-order valence-electron chi connectivity index (χ4n) is 2.68. The van der Waals surface area contributed by atoms with Gasteiger partial charge in [0.05, 0.1) is 0 Å². The van der Waals surface area contributed by atoms with Crippen molar-refractivity contribution < 1.29 is 0 Å². The summed E-state index contributed by atoms with van der Waals surface area (Å²) in [4.78, 5) is 0. The Bertz CT molecular complexity index is 379. The molecule has 1 aromatic heterocycles. The lowest BCUT2D eigenvalue weighted by Crippen LogP contribution is -2.19. The average molecular weight is 225 g/mol. The van der Waals surface area contributed by atoms with E-state index in [0.29, 0.717) is 6.04 Å². The fraction of sp³-hybridized carbons (Fsp3) is 0.818. The largest absolute Gasteiger partial charge is 0.301 e. The Morgan fingerprint density at radius 3 is 2.93 bits per heavy atom. The zero-order valence-electron chi connectivity index (χ0n) is 9.49. The van der Waals surface area contributed by atoms with E-state index in [1.165, 1.54) is 32.1 Å². The van der Waals surface area contributed by atoms with E-state index in [9.17, 15) is 0 Å². The Morgan fingerprint density at radius 1 is 1.53 bits per heavy atom. The first-order valence-electron chi connectivity index (χ1n) is 5.86. The highest BCUT2D eigenvalue weighted by Gasteiger charge is 2.23. The van der Waals surface area contributed by atoms with Crippen molar-refractivity contribution in [3.05, 3.63) is 10.6 Å². The SMILES string of the molecule is CCC1CCCC(n2c(C)n[nH]c2=S)C1. The monoisotopic (exact) mass is 225 g/mol. The molecule has 0 spiro atoms. The van der Waals surface area contributed by atoms with Crippen LogP contribution in [0.25, 0.3) is 0 Å². The van der Waals surface area contributed by atoms with Crippen LogP contribution in [0, 0.1) is 17.6 Å². The highest BCUT2D eigenvalue weighted by Crippen LogP contribution is 2.34. The minimum atomic E-state index is 0.579. The summed E-state index contributed by atoms with van der Waals surface area (Å²) in [5.41, 5.74) is 0. The van der Waals surface area contributed by atoms with Crippen LogP contribution in [0.2, 0.25) is 0 Å². The number of nitrogens with zero attached hydrogens (tertiary/aromatic N) is 2. The van der Waals surface area contributed by atoms with Crippen molar-refractivity contribution in [2.45, 2.75) is 52.0 Å². The third-order valence-corrected chi connectivity index (χ3v) is 3.87. The zero-order valence-corrected chi connectivity index (χ0v) is 10.3. The summed E-state index contributed by atoms with van der Waals surface area (Å²) in [5, 5.41) is 7.07. The van der Waals surface area contributed by atoms with E-state index in [2.05, 4.69) is 21.7 Å². The van der Waals surface area contributed by atoms with E-state index >= 15 is 0 Å². The lowest BCUT2D eigenvalue weighted by atomic mass is 9.84. The zero-order chi connectivity index (χ0) is 10.8. The molecule has 0 aliphatic heterocycles. The number of rotatable bonds is 2. The highest BCUT2D eigenvalue weighted by atomic mass is 32.1. The molecule has 1 aliphatic rings. The molecule has 0 bridgehead atoms. The van der Waals surface area contributed by atoms with Gasteiger partial charge in [-0.3, -0.25) is 5.10 Å². The quantitative estimate of drug-likeness (QED) is 0.783. The van der Waals surface area contributed by atoms with Crippen LogP contribution in [-0.2, 0) is 0 Å². The van der Waals surface area contributed by atoms with Gasteiger partial charge in [0.15, 0.2) is 4.77 Å². The lowest BCUT2D eigenvalue weighted by Gasteiger charge is -2.29. The van der Waals surface area contributed by atoms with E-state index < -0.39 is 0 Å². The maximum Gasteiger partial charge on any atom is 0.195 e. The maximum atomic E-state index is 5.27. The maximum absolute atomic E-state index is 5.27. The highest BCUT2D eigenvalue weighted by molar-refractivity contribution is 7.71. The second-order valence-corrected chi connectivity index (χ2v) is 4.93. The molecule has 2 rings (SSSR count). The minimum absolute atomic E-state index is 0.579. The van der Waals surface area contributed by atoms with Crippen molar-refractivity contribution in [1.29, 1.82) is 0 Å². The standard InChI is InChI=1S/C11H19N3S/c1-3-9-5-4-6-10(7-9)14-8(2)12-13-11(14)15/h9-10H,3-7H2,1-2H3,(H,13,15). The number of aromatic nitrogens is 3. The van der Waals surface area contributed by atoms with Crippen LogP contribution in [0.5, 0.6) is 0 Å². The van der Waals surface area contributed by atoms with Crippen molar-refractivity contribution in [3.63, 3.8) is 0 Å². The number of hydrogen-bond acceptors (Lipinski definition) is 2. The second kappa shape index (κ2) is 4.47. The van der Waals surface area contributed by atoms with Crippen LogP contribution in [0.4, 0.5) is 0 Å². The van der Waals surface area contributed by atoms with Gasteiger partial charge in [-0.2, -0.15) is 5.10 Å². The van der Waals surface area contributed by atoms with Gasteiger partial charge in [0.25, 0.3) is 0 Å². The molecule has 1 saturated carbocycles. The summed E-state index contributed by atoms with van der Waals surface area (Å²) in [6.07, 6.45) is 6.53. The van der Waals surface area contributed by atoms with Crippen LogP contribution in [-0.4, -0.2) is 14.8 Å². The normalized spacial score (nSPS) is 26.8. The van der Waals surface area contributed by atoms with Gasteiger partial charge in [-0.15, -0.1) is 0 Å². The average Bonchev–Trinajstić information content (AvgIpc) is 2.59. The van der Waals surface area contributed by atoms with Crippen molar-refractivity contribution in [2.24, 2.45) is 5.92 Å². The fourth-order valence-corrected chi connectivity index (χ4v) is 3.01. The van der Waals surface area contributed by atoms with Crippen LogP contribution in [0.3, 0.4) is 0 Å². The molecule has 15 heavy (non-hydrogen) atoms. The molecule has 3 nitrogen and oxygen atoms in total. The van der Waals surface area contributed by atoms with E-state index in [1.807, 2.05) is 6.92 Å². The van der Waals surface area contributed by atoms with Crippen LogP contribution in [0.15, 0.2) is 0 Å². The van der Waals surface area contributed by atoms with Crippen LogP contribution >= 0.6 is 12.2 Å². The molecule has 0 amide bonds. The van der Waals surface area contributed by atoms with E-state index in [0.717, 1.165) is 16.5 Å². The molecule has 1 N–H and O–H groups in total. The molecule has 4 heteroatoms. The Hall–Kier alpha value is -0.640. The molecule has 2 unspecified atom stereocenters. The summed E-state index contributed by atoms with van der Waals surface area (Å²) < 4.78 is 2.99. The van der Waals surface area contributed by atoms with Gasteiger partial charge < -0.3 is 4.57 Å². The molecule has 1 aromatic rings. The number of aryl methyl sites for hydroxylation is 1. The number of nitrogens with one attached hydrogen (secondary N) is 1. The molecule has 1 fully saturated rings. The smallest absolute Gasteiger partial charge is 0.195 e. The molecule has 2 atom stereocenters. The van der Waals surface area contributed by atoms with Crippen LogP contribution in [0.1, 0.15) is 50.9 Å². The predicted molar refractivity (Wildman–Crippen MR) is 63.4 cm³/mol. The third kappa shape index (κ3) is 2.14. The molecule has 1 heterocycles. The van der Waals surface area contributed by atoms with E-state index in [4.69, 9.17) is 12.2 Å². The molecule has 1 aliphatic carbocycles. The number of H-pyrrole nitrogens is 1. The molecule has 0 saturated heterocycles. The Morgan fingerprint density at radius 2 is 2.33 bits per heavy atom. The first kappa shape index (κ1) is 10.9. The number of aromatic amines is 1. The van der Waals surface area contributed by atoms with Gasteiger partial charge in [0.2, 0.25) is 0 Å². The van der Waals surface area contributed by atoms with Crippen LogP contribution < -0.4 is 0 Å². The third-order valence-electron chi connectivity index (χ3n) is 3.58. The molecule has 0 aromatic carbocycles. The number of hydrogen-bond donors (Lipinski definition) is 1. The summed E-state index contributed by atoms with van der Waals surface area (Å²) in [7, 11) is 0. The van der Waals surface area contributed by atoms with Crippen molar-refractivity contribution in [3.8, 4) is 0 Å². The van der Waals surface area contributed by atoms with Gasteiger partial charge in [-0.05, 0) is 37.9 Å². The first-order chi connectivity index (χ1) is 7.22. The molecular formula is C11H19N3S. The van der Waals surface area contributed by atoms with Crippen molar-refractivity contribution >= 4 is 12.2 Å². The Balaban J connectivity index is 2.20. The molecule has 84 valence electrons. The van der Waals surface area contributed by atoms with Gasteiger partial charge in [0, 0.05) is 6.04 Å². The lowest BCUT2D eigenvalue weighted by molar-refractivity contribution is 0.257. The first-order valence-corrected chi connectivity index (χ1v) is 6.26. The summed E-state index contributed by atoms with van der Waals surface area (Å²) in [5.74, 6) is 1.90. The minimum Gasteiger partial charge on any atom is -0.301 e. The van der Waals surface area contributed by atoms with Gasteiger partial charge in [-0.25, -0.2) is 0 Å². The van der Waals surface area contributed by atoms with E-state index in [1.54, 1.807) is 0 Å². The van der Waals surface area contributed by atoms with Crippen molar-refractivity contribution in [2.75, 3.05) is 0 Å². The Labute approximate surface area is 95.9 Å². The summed E-state index contributed by atoms with van der Waals surface area (Å²) >= 11 is 5.27. The summed E-state index contributed by atoms with van der Waals surface area (Å²) in [6.45, 7) is 4.32. The molecule has 0 radical (unpaired) electrons. The summed E-state index contributed by atoms with van der Waals surface area (Å²) in [6, 6.07) is 0.579. The van der Waals surface area contributed by atoms with Crippen molar-refractivity contribution in [1.82, 2.24) is 14.8 Å². The molecular weight excluding hydrogens is 206 g/mol. The predicted octanol–water partition coefficient (Wildman–Crippen LogP) is 3.39. The van der Waals surface area contributed by atoms with E-state index in [-0.39, 0.29) is 0 Å². The topological polar surface area (TPSA) is 33.6 Å². The van der Waals surface area contributed by atoms with Gasteiger partial charge >= 0.3 is 0 Å². The van der Waals surface area contributed by atoms with Gasteiger partial charge in [-0.1, -0.05) is 26.2 Å². The Kier molecular flexibility index (Phi) is 3.24. The second-order valence-electron chi connectivity index (χ2n) is 4.54. The van der Waals surface area contributed by atoms with Gasteiger partial charge in [0.1, 0.15) is 5.82 Å².